The van der Waals surface area contributed by atoms with Gasteiger partial charge in [0.25, 0.3) is 0 Å². The second-order valence-corrected chi connectivity index (χ2v) is 7.74. The second-order valence-electron chi connectivity index (χ2n) is 7.74. The summed E-state index contributed by atoms with van der Waals surface area (Å²) in [5, 5.41) is 13.3. The lowest BCUT2D eigenvalue weighted by molar-refractivity contribution is -0.156. The van der Waals surface area contributed by atoms with Crippen molar-refractivity contribution in [2.24, 2.45) is 0 Å². The lowest BCUT2D eigenvalue weighted by Crippen LogP contribution is -2.49. The van der Waals surface area contributed by atoms with E-state index in [0.29, 0.717) is 11.5 Å². The predicted molar refractivity (Wildman–Crippen MR) is 122 cm³/mol. The highest BCUT2D eigenvalue weighted by Gasteiger charge is 2.30. The molecule has 1 aliphatic heterocycles. The van der Waals surface area contributed by atoms with Crippen LogP contribution in [0.1, 0.15) is 16.7 Å². The van der Waals surface area contributed by atoms with E-state index in [0.717, 1.165) is 16.7 Å². The summed E-state index contributed by atoms with van der Waals surface area (Å²) in [6.45, 7) is 0.185. The van der Waals surface area contributed by atoms with Gasteiger partial charge in [0.1, 0.15) is 13.2 Å². The van der Waals surface area contributed by atoms with Crippen molar-refractivity contribution in [3.05, 3.63) is 95.6 Å². The van der Waals surface area contributed by atoms with Gasteiger partial charge < -0.3 is 29.4 Å². The minimum atomic E-state index is -1.61. The summed E-state index contributed by atoms with van der Waals surface area (Å²) in [6, 6.07) is 22.6. The van der Waals surface area contributed by atoms with Crippen molar-refractivity contribution in [2.75, 3.05) is 6.79 Å². The van der Waals surface area contributed by atoms with Crippen LogP contribution in [0.2, 0.25) is 0 Å². The predicted octanol–water partition coefficient (Wildman–Crippen LogP) is 3.36. The number of fused-ring (bicyclic) bond motifs is 1. The maximum atomic E-state index is 12.6. The van der Waals surface area contributed by atoms with Gasteiger partial charge in [-0.3, -0.25) is 0 Å². The minimum absolute atomic E-state index is 0.00588. The third-order valence-electron chi connectivity index (χ3n) is 5.26. The second kappa shape index (κ2) is 11.2. The molecule has 1 heterocycles. The van der Waals surface area contributed by atoms with Crippen LogP contribution in [0.4, 0.5) is 4.79 Å². The van der Waals surface area contributed by atoms with Gasteiger partial charge in [0, 0.05) is 0 Å². The number of benzene rings is 3. The number of esters is 1. The van der Waals surface area contributed by atoms with Crippen LogP contribution in [0.15, 0.2) is 78.9 Å². The highest BCUT2D eigenvalue weighted by molar-refractivity contribution is 5.77. The minimum Gasteiger partial charge on any atom is -0.459 e. The first-order chi connectivity index (χ1) is 16.6. The Kier molecular flexibility index (Phi) is 7.62. The lowest BCUT2D eigenvalue weighted by Gasteiger charge is -2.23. The molecule has 0 aromatic heterocycles. The molecule has 4 rings (SSSR count). The highest BCUT2D eigenvalue weighted by Crippen LogP contribution is 2.33. The molecular formula is C26H25NO7. The molecule has 0 aliphatic carbocycles. The molecule has 1 amide bonds. The number of aliphatic hydroxyl groups excluding tert-OH is 1. The van der Waals surface area contributed by atoms with E-state index in [9.17, 15) is 14.7 Å². The molecule has 1 aliphatic rings. The van der Waals surface area contributed by atoms with Crippen LogP contribution in [0.3, 0.4) is 0 Å². The van der Waals surface area contributed by atoms with E-state index < -0.39 is 24.2 Å². The summed E-state index contributed by atoms with van der Waals surface area (Å²) in [5.74, 6) is 0.320. The molecule has 0 saturated heterocycles. The molecule has 8 nitrogen and oxygen atoms in total. The van der Waals surface area contributed by atoms with Crippen molar-refractivity contribution in [1.29, 1.82) is 0 Å². The van der Waals surface area contributed by atoms with Crippen molar-refractivity contribution < 1.29 is 33.6 Å². The Bertz CT molecular complexity index is 1100. The SMILES string of the molecule is O=C(NC(Cc1ccc2c(c1)OCO2)C(O)C(=O)OCc1ccccc1)OCc1ccccc1. The molecule has 3 aromatic rings. The number of carbonyl (C=O) groups is 2. The Morgan fingerprint density at radius 1 is 0.824 bits per heavy atom. The Morgan fingerprint density at radius 2 is 1.44 bits per heavy atom. The number of rotatable bonds is 9. The normalized spacial score (nSPS) is 13.6. The monoisotopic (exact) mass is 463 g/mol. The summed E-state index contributed by atoms with van der Waals surface area (Å²) < 4.78 is 21.3. The fourth-order valence-electron chi connectivity index (χ4n) is 3.46. The van der Waals surface area contributed by atoms with Crippen LogP contribution >= 0.6 is 0 Å². The van der Waals surface area contributed by atoms with E-state index in [2.05, 4.69) is 5.32 Å². The third-order valence-corrected chi connectivity index (χ3v) is 5.26. The Balaban J connectivity index is 1.42. The zero-order valence-electron chi connectivity index (χ0n) is 18.4. The zero-order chi connectivity index (χ0) is 23.8. The van der Waals surface area contributed by atoms with Crippen LogP contribution < -0.4 is 14.8 Å². The van der Waals surface area contributed by atoms with E-state index in [1.165, 1.54) is 0 Å². The molecule has 34 heavy (non-hydrogen) atoms. The molecule has 3 aromatic carbocycles. The number of hydrogen-bond acceptors (Lipinski definition) is 7. The summed E-state index contributed by atoms with van der Waals surface area (Å²) in [5.41, 5.74) is 2.32. The van der Waals surface area contributed by atoms with Crippen LogP contribution in [-0.4, -0.2) is 36.1 Å². The number of nitrogens with one attached hydrogen (secondary N) is 1. The third kappa shape index (κ3) is 6.26. The number of amides is 1. The number of ether oxygens (including phenoxy) is 4. The number of aliphatic hydroxyl groups is 1. The summed E-state index contributed by atoms with van der Waals surface area (Å²) in [7, 11) is 0. The molecular weight excluding hydrogens is 438 g/mol. The standard InChI is InChI=1S/C26H25NO7/c28-24(25(29)31-15-18-7-3-1-4-8-18)21(13-20-11-12-22-23(14-20)34-17-33-22)27-26(30)32-16-19-9-5-2-6-10-19/h1-12,14,21,24,28H,13,15-17H2,(H,27,30). The van der Waals surface area contributed by atoms with Crippen molar-refractivity contribution in [3.8, 4) is 11.5 Å². The number of carbonyl (C=O) groups excluding carboxylic acids is 2. The molecule has 2 unspecified atom stereocenters. The van der Waals surface area contributed by atoms with Gasteiger partial charge in [-0.2, -0.15) is 0 Å². The quantitative estimate of drug-likeness (QED) is 0.469. The first kappa shape index (κ1) is 23.1. The van der Waals surface area contributed by atoms with Crippen molar-refractivity contribution in [2.45, 2.75) is 31.8 Å². The van der Waals surface area contributed by atoms with Crippen LogP contribution in [-0.2, 0) is 33.9 Å². The van der Waals surface area contributed by atoms with E-state index in [4.69, 9.17) is 18.9 Å². The van der Waals surface area contributed by atoms with E-state index in [-0.39, 0.29) is 26.4 Å². The summed E-state index contributed by atoms with van der Waals surface area (Å²) in [4.78, 5) is 25.1. The van der Waals surface area contributed by atoms with Crippen LogP contribution in [0, 0.1) is 0 Å². The van der Waals surface area contributed by atoms with Crippen LogP contribution in [0.5, 0.6) is 11.5 Å². The van der Waals surface area contributed by atoms with Crippen LogP contribution in [0.25, 0.3) is 0 Å². The molecule has 8 heteroatoms. The fourth-order valence-corrected chi connectivity index (χ4v) is 3.46. The average molecular weight is 463 g/mol. The molecule has 0 bridgehead atoms. The van der Waals surface area contributed by atoms with Crippen molar-refractivity contribution in [3.63, 3.8) is 0 Å². The maximum Gasteiger partial charge on any atom is 0.407 e. The largest absolute Gasteiger partial charge is 0.459 e. The van der Waals surface area contributed by atoms with Gasteiger partial charge in [-0.15, -0.1) is 0 Å². The molecule has 2 N–H and O–H groups in total. The van der Waals surface area contributed by atoms with Gasteiger partial charge in [0.05, 0.1) is 6.04 Å². The number of alkyl carbamates (subject to hydrolysis) is 1. The zero-order valence-corrected chi connectivity index (χ0v) is 18.4. The van der Waals surface area contributed by atoms with Crippen molar-refractivity contribution >= 4 is 12.1 Å². The van der Waals surface area contributed by atoms with Crippen molar-refractivity contribution in [1.82, 2.24) is 5.32 Å². The Labute approximate surface area is 197 Å². The fraction of sp³-hybridized carbons (Fsp3) is 0.231. The first-order valence-corrected chi connectivity index (χ1v) is 10.8. The van der Waals surface area contributed by atoms with E-state index in [1.54, 1.807) is 18.2 Å². The smallest absolute Gasteiger partial charge is 0.407 e. The van der Waals surface area contributed by atoms with Gasteiger partial charge in [0.15, 0.2) is 17.6 Å². The highest BCUT2D eigenvalue weighted by atomic mass is 16.7. The molecule has 0 saturated carbocycles. The lowest BCUT2D eigenvalue weighted by atomic mass is 10.0. The first-order valence-electron chi connectivity index (χ1n) is 10.8. The topological polar surface area (TPSA) is 103 Å². The van der Waals surface area contributed by atoms with Gasteiger partial charge in [0.2, 0.25) is 6.79 Å². The summed E-state index contributed by atoms with van der Waals surface area (Å²) >= 11 is 0. The molecule has 0 radical (unpaired) electrons. The Hall–Kier alpha value is -4.04. The molecule has 0 spiro atoms. The van der Waals surface area contributed by atoms with E-state index >= 15 is 0 Å². The number of hydrogen-bond donors (Lipinski definition) is 2. The van der Waals surface area contributed by atoms with Gasteiger partial charge in [-0.1, -0.05) is 66.7 Å². The maximum absolute atomic E-state index is 12.6. The molecule has 2 atom stereocenters. The molecule has 176 valence electrons. The molecule has 0 fully saturated rings. The van der Waals surface area contributed by atoms with Gasteiger partial charge in [-0.05, 0) is 35.2 Å². The summed E-state index contributed by atoms with van der Waals surface area (Å²) in [6.07, 6.45) is -2.23. The Morgan fingerprint density at radius 3 is 2.12 bits per heavy atom. The van der Waals surface area contributed by atoms with Gasteiger partial charge >= 0.3 is 12.1 Å². The average Bonchev–Trinajstić information content (AvgIpc) is 3.34. The van der Waals surface area contributed by atoms with Gasteiger partial charge in [-0.25, -0.2) is 9.59 Å². The van der Waals surface area contributed by atoms with E-state index in [1.807, 2.05) is 60.7 Å².